The van der Waals surface area contributed by atoms with Crippen molar-refractivity contribution in [2.75, 3.05) is 7.11 Å². The van der Waals surface area contributed by atoms with Crippen LogP contribution in [0.4, 0.5) is 4.79 Å². The summed E-state index contributed by atoms with van der Waals surface area (Å²) in [4.78, 5) is 47.4. The second-order valence-electron chi connectivity index (χ2n) is 6.51. The van der Waals surface area contributed by atoms with Crippen molar-refractivity contribution in [3.63, 3.8) is 0 Å². The summed E-state index contributed by atoms with van der Waals surface area (Å²) >= 11 is 0. The molecule has 2 atom stereocenters. The lowest BCUT2D eigenvalue weighted by Crippen LogP contribution is -2.54. The van der Waals surface area contributed by atoms with Gasteiger partial charge in [0.2, 0.25) is 11.8 Å². The minimum Gasteiger partial charge on any atom is -0.469 e. The highest BCUT2D eigenvalue weighted by molar-refractivity contribution is 5.91. The summed E-state index contributed by atoms with van der Waals surface area (Å²) in [5.74, 6) is -2.19. The maximum absolute atomic E-state index is 12.5. The molecule has 28 heavy (non-hydrogen) atoms. The number of carbonyl (C=O) groups excluding carboxylic acids is 4. The summed E-state index contributed by atoms with van der Waals surface area (Å²) in [7, 11) is 1.22. The fraction of sp³-hybridized carbons (Fsp3) is 0.474. The van der Waals surface area contributed by atoms with Crippen LogP contribution in [0.15, 0.2) is 30.3 Å². The van der Waals surface area contributed by atoms with Gasteiger partial charge in [-0.05, 0) is 17.9 Å². The first-order valence-electron chi connectivity index (χ1n) is 8.88. The lowest BCUT2D eigenvalue weighted by atomic mass is 10.0. The second kappa shape index (κ2) is 11.6. The molecular weight excluding hydrogens is 366 g/mol. The molecule has 9 heteroatoms. The van der Waals surface area contributed by atoms with Gasteiger partial charge in [-0.2, -0.15) is 0 Å². The highest BCUT2D eigenvalue weighted by Crippen LogP contribution is 2.06. The van der Waals surface area contributed by atoms with E-state index in [-0.39, 0.29) is 25.4 Å². The number of nitrogens with two attached hydrogens (primary N) is 1. The van der Waals surface area contributed by atoms with Gasteiger partial charge in [0, 0.05) is 6.42 Å². The number of methoxy groups -OCH3 is 1. The highest BCUT2D eigenvalue weighted by Gasteiger charge is 2.28. The van der Waals surface area contributed by atoms with Gasteiger partial charge in [-0.25, -0.2) is 4.79 Å². The quantitative estimate of drug-likeness (QED) is 0.504. The Balaban J connectivity index is 2.64. The number of benzene rings is 1. The fourth-order valence-electron chi connectivity index (χ4n) is 2.34. The van der Waals surface area contributed by atoms with Crippen molar-refractivity contribution in [3.05, 3.63) is 35.9 Å². The van der Waals surface area contributed by atoms with Crippen molar-refractivity contribution >= 4 is 23.9 Å². The molecule has 0 spiro atoms. The van der Waals surface area contributed by atoms with Gasteiger partial charge in [-0.1, -0.05) is 44.2 Å². The summed E-state index contributed by atoms with van der Waals surface area (Å²) in [6.07, 6.45) is -0.844. The van der Waals surface area contributed by atoms with E-state index in [9.17, 15) is 19.2 Å². The zero-order chi connectivity index (χ0) is 21.1. The molecule has 1 aromatic rings. The first kappa shape index (κ1) is 22.9. The third-order valence-electron chi connectivity index (χ3n) is 3.96. The van der Waals surface area contributed by atoms with E-state index in [1.807, 2.05) is 18.2 Å². The predicted octanol–water partition coefficient (Wildman–Crippen LogP) is 0.861. The minimum absolute atomic E-state index is 0.00296. The van der Waals surface area contributed by atoms with Gasteiger partial charge < -0.3 is 25.8 Å². The number of hydrogen-bond donors (Lipinski definition) is 3. The third-order valence-corrected chi connectivity index (χ3v) is 3.96. The molecular formula is C19H27N3O6. The van der Waals surface area contributed by atoms with Gasteiger partial charge in [-0.15, -0.1) is 0 Å². The van der Waals surface area contributed by atoms with E-state index in [1.54, 1.807) is 26.0 Å². The molecule has 0 aliphatic rings. The van der Waals surface area contributed by atoms with E-state index >= 15 is 0 Å². The number of alkyl carbamates (subject to hydrolysis) is 1. The zero-order valence-electron chi connectivity index (χ0n) is 16.3. The van der Waals surface area contributed by atoms with E-state index in [0.29, 0.717) is 0 Å². The predicted molar refractivity (Wildman–Crippen MR) is 101 cm³/mol. The summed E-state index contributed by atoms with van der Waals surface area (Å²) in [5.41, 5.74) is 6.09. The third kappa shape index (κ3) is 8.07. The van der Waals surface area contributed by atoms with Gasteiger partial charge >= 0.3 is 12.1 Å². The Bertz CT molecular complexity index is 678. The van der Waals surface area contributed by atoms with Crippen molar-refractivity contribution in [1.82, 2.24) is 10.6 Å². The highest BCUT2D eigenvalue weighted by atomic mass is 16.5. The number of esters is 1. The molecule has 9 nitrogen and oxygen atoms in total. The van der Waals surface area contributed by atoms with Crippen LogP contribution in [0.25, 0.3) is 0 Å². The molecule has 0 unspecified atom stereocenters. The van der Waals surface area contributed by atoms with Crippen LogP contribution in [-0.2, 0) is 30.5 Å². The number of rotatable bonds is 10. The molecule has 0 aliphatic heterocycles. The topological polar surface area (TPSA) is 137 Å². The molecule has 0 aliphatic carbocycles. The molecule has 3 amide bonds. The monoisotopic (exact) mass is 393 g/mol. The first-order valence-corrected chi connectivity index (χ1v) is 8.88. The molecule has 0 fully saturated rings. The fourth-order valence-corrected chi connectivity index (χ4v) is 2.34. The number of carbonyl (C=O) groups is 4. The van der Waals surface area contributed by atoms with Crippen molar-refractivity contribution in [2.45, 2.75) is 45.4 Å². The van der Waals surface area contributed by atoms with Crippen molar-refractivity contribution in [2.24, 2.45) is 11.7 Å². The number of ether oxygens (including phenoxy) is 2. The Hall–Kier alpha value is -3.10. The second-order valence-corrected chi connectivity index (χ2v) is 6.51. The molecule has 4 N–H and O–H groups in total. The molecule has 1 aromatic carbocycles. The Morgan fingerprint density at radius 3 is 2.25 bits per heavy atom. The van der Waals surface area contributed by atoms with E-state index in [1.165, 1.54) is 7.11 Å². The standard InChI is InChI=1S/C19H27N3O6/c1-12(2)16(22-19(26)28-11-13-7-5-4-6-8-13)18(25)21-14(17(20)24)9-10-15(23)27-3/h4-8,12,14,16H,9-11H2,1-3H3,(H2,20,24)(H,21,25)(H,22,26)/t14-,16+/m1/s1. The summed E-state index contributed by atoms with van der Waals surface area (Å²) in [6, 6.07) is 7.09. The Morgan fingerprint density at radius 2 is 1.71 bits per heavy atom. The Kier molecular flexibility index (Phi) is 9.49. The van der Waals surface area contributed by atoms with E-state index in [0.717, 1.165) is 5.56 Å². The van der Waals surface area contributed by atoms with Crippen LogP contribution in [0.1, 0.15) is 32.3 Å². The number of hydrogen-bond acceptors (Lipinski definition) is 6. The van der Waals surface area contributed by atoms with Gasteiger partial charge in [0.25, 0.3) is 0 Å². The largest absolute Gasteiger partial charge is 0.469 e. The number of amides is 3. The van der Waals surface area contributed by atoms with Gasteiger partial charge in [-0.3, -0.25) is 14.4 Å². The van der Waals surface area contributed by atoms with Crippen LogP contribution in [0, 0.1) is 5.92 Å². The molecule has 0 saturated heterocycles. The molecule has 0 heterocycles. The Morgan fingerprint density at radius 1 is 1.07 bits per heavy atom. The zero-order valence-corrected chi connectivity index (χ0v) is 16.3. The average Bonchev–Trinajstić information content (AvgIpc) is 2.67. The lowest BCUT2D eigenvalue weighted by molar-refractivity contribution is -0.141. The SMILES string of the molecule is COC(=O)CC[C@@H](NC(=O)[C@@H](NC(=O)OCc1ccccc1)C(C)C)C(N)=O. The molecule has 0 bridgehead atoms. The lowest BCUT2D eigenvalue weighted by Gasteiger charge is -2.24. The number of nitrogens with one attached hydrogen (secondary N) is 2. The summed E-state index contributed by atoms with van der Waals surface area (Å²) < 4.78 is 9.63. The number of primary amides is 1. The van der Waals surface area contributed by atoms with Crippen molar-refractivity contribution in [3.8, 4) is 0 Å². The summed E-state index contributed by atoms with van der Waals surface area (Å²) in [6.45, 7) is 3.52. The molecule has 154 valence electrons. The van der Waals surface area contributed by atoms with Crippen LogP contribution < -0.4 is 16.4 Å². The Labute approximate surface area is 163 Å². The van der Waals surface area contributed by atoms with Crippen LogP contribution in [0.3, 0.4) is 0 Å². The van der Waals surface area contributed by atoms with Crippen LogP contribution in [-0.4, -0.2) is 43.1 Å². The average molecular weight is 393 g/mol. The van der Waals surface area contributed by atoms with E-state index < -0.39 is 36.0 Å². The van der Waals surface area contributed by atoms with E-state index in [2.05, 4.69) is 15.4 Å². The maximum atomic E-state index is 12.5. The van der Waals surface area contributed by atoms with Gasteiger partial charge in [0.05, 0.1) is 7.11 Å². The van der Waals surface area contributed by atoms with Gasteiger partial charge in [0.1, 0.15) is 18.7 Å². The van der Waals surface area contributed by atoms with Crippen LogP contribution >= 0.6 is 0 Å². The maximum Gasteiger partial charge on any atom is 0.408 e. The van der Waals surface area contributed by atoms with Crippen molar-refractivity contribution < 1.29 is 28.7 Å². The first-order chi connectivity index (χ1) is 13.2. The minimum atomic E-state index is -1.06. The molecule has 0 radical (unpaired) electrons. The molecule has 0 aromatic heterocycles. The summed E-state index contributed by atoms with van der Waals surface area (Å²) in [5, 5.41) is 4.95. The van der Waals surface area contributed by atoms with Crippen LogP contribution in [0.5, 0.6) is 0 Å². The normalized spacial score (nSPS) is 12.6. The van der Waals surface area contributed by atoms with Crippen molar-refractivity contribution in [1.29, 1.82) is 0 Å². The van der Waals surface area contributed by atoms with E-state index in [4.69, 9.17) is 10.5 Å². The smallest absolute Gasteiger partial charge is 0.408 e. The van der Waals surface area contributed by atoms with Crippen LogP contribution in [0.2, 0.25) is 0 Å². The van der Waals surface area contributed by atoms with Gasteiger partial charge in [0.15, 0.2) is 0 Å². The molecule has 0 saturated carbocycles. The molecule has 1 rings (SSSR count).